The average Bonchev–Trinajstić information content (AvgIpc) is 2.56. The fourth-order valence-electron chi connectivity index (χ4n) is 1.36. The van der Waals surface area contributed by atoms with Crippen molar-refractivity contribution in [3.05, 3.63) is 22.2 Å². The number of nitrogens with zero attached hydrogens (tertiary/aromatic N) is 1. The van der Waals surface area contributed by atoms with Gasteiger partial charge in [0.05, 0.1) is 24.3 Å². The number of hydrogen-bond donors (Lipinski definition) is 1. The van der Waals surface area contributed by atoms with Gasteiger partial charge in [0.1, 0.15) is 5.69 Å². The summed E-state index contributed by atoms with van der Waals surface area (Å²) in [6.07, 6.45) is 0. The van der Waals surface area contributed by atoms with Crippen LogP contribution in [0, 0.1) is 3.95 Å². The maximum Gasteiger partial charge on any atom is 0.159 e. The number of thiazole rings is 1. The van der Waals surface area contributed by atoms with Crippen molar-refractivity contribution >= 4 is 50.7 Å². The molecular weight excluding hydrogens is 264 g/mol. The van der Waals surface area contributed by atoms with Crippen molar-refractivity contribution < 1.29 is 8.76 Å². The summed E-state index contributed by atoms with van der Waals surface area (Å²) in [5.41, 5.74) is 1.58. The van der Waals surface area contributed by atoms with E-state index in [-0.39, 0.29) is 3.89 Å². The maximum atomic E-state index is 11.1. The summed E-state index contributed by atoms with van der Waals surface area (Å²) in [5, 5.41) is 0. The van der Waals surface area contributed by atoms with Crippen LogP contribution in [0.25, 0.3) is 10.2 Å². The highest BCUT2D eigenvalue weighted by molar-refractivity contribution is 7.78. The van der Waals surface area contributed by atoms with E-state index in [2.05, 4.69) is 4.98 Å². The fourth-order valence-corrected chi connectivity index (χ4v) is 2.74. The highest BCUT2D eigenvalue weighted by Crippen LogP contribution is 2.27. The third kappa shape index (κ3) is 1.96. The lowest BCUT2D eigenvalue weighted by Crippen LogP contribution is -2.41. The number of quaternary nitrogens is 1. The molecular formula is C9H10N2O2S3. The van der Waals surface area contributed by atoms with E-state index in [9.17, 15) is 8.76 Å². The molecule has 0 amide bonds. The Balaban J connectivity index is 2.63. The minimum absolute atomic E-state index is 0.202. The second kappa shape index (κ2) is 4.01. The van der Waals surface area contributed by atoms with Gasteiger partial charge in [0.15, 0.2) is 15.2 Å². The number of H-pyrrole nitrogens is 1. The Labute approximate surface area is 105 Å². The maximum absolute atomic E-state index is 11.1. The van der Waals surface area contributed by atoms with E-state index >= 15 is 0 Å². The van der Waals surface area contributed by atoms with Crippen LogP contribution >= 0.6 is 23.6 Å². The molecule has 7 heteroatoms. The lowest BCUT2D eigenvalue weighted by Gasteiger charge is -2.29. The number of aromatic nitrogens is 1. The summed E-state index contributed by atoms with van der Waals surface area (Å²) >= 11 is 4.30. The molecule has 2 aromatic rings. The molecule has 1 unspecified atom stereocenters. The van der Waals surface area contributed by atoms with Gasteiger partial charge in [0.25, 0.3) is 0 Å². The van der Waals surface area contributed by atoms with Gasteiger partial charge in [-0.05, 0) is 18.3 Å². The topological polar surface area (TPSA) is 55.9 Å². The molecule has 1 heterocycles. The lowest BCUT2D eigenvalue weighted by atomic mass is 10.3. The smallest absolute Gasteiger partial charge is 0.159 e. The van der Waals surface area contributed by atoms with Crippen LogP contribution < -0.4 is 3.89 Å². The number of fused-ring (bicyclic) bond motifs is 1. The van der Waals surface area contributed by atoms with Crippen molar-refractivity contribution in [2.24, 2.45) is 0 Å². The molecule has 0 aliphatic rings. The SMILES string of the molecule is C[N+](C)(c1ccc2sc(=S)[nH]c2c1)S(=O)[O-]. The number of benzene rings is 1. The molecule has 0 saturated carbocycles. The first-order chi connectivity index (χ1) is 7.41. The van der Waals surface area contributed by atoms with Crippen molar-refractivity contribution in [2.45, 2.75) is 0 Å². The zero-order chi connectivity index (χ0) is 11.9. The van der Waals surface area contributed by atoms with Crippen LogP contribution in [0.1, 0.15) is 0 Å². The molecule has 0 bridgehead atoms. The minimum Gasteiger partial charge on any atom is -0.724 e. The summed E-state index contributed by atoms with van der Waals surface area (Å²) < 4.78 is 23.7. The number of nitrogens with one attached hydrogen (secondary N) is 1. The van der Waals surface area contributed by atoms with Crippen molar-refractivity contribution in [1.29, 1.82) is 0 Å². The van der Waals surface area contributed by atoms with Gasteiger partial charge >= 0.3 is 0 Å². The zero-order valence-corrected chi connectivity index (χ0v) is 11.2. The van der Waals surface area contributed by atoms with E-state index in [1.54, 1.807) is 20.2 Å². The second-order valence-corrected chi connectivity index (χ2v) is 6.83. The molecule has 4 nitrogen and oxygen atoms in total. The first kappa shape index (κ1) is 11.9. The Morgan fingerprint density at radius 1 is 1.50 bits per heavy atom. The van der Waals surface area contributed by atoms with Crippen molar-refractivity contribution in [3.63, 3.8) is 0 Å². The van der Waals surface area contributed by atoms with Gasteiger partial charge in [-0.3, -0.25) is 0 Å². The number of rotatable bonds is 2. The van der Waals surface area contributed by atoms with Gasteiger partial charge in [0.2, 0.25) is 0 Å². The van der Waals surface area contributed by atoms with Crippen LogP contribution in [0.15, 0.2) is 18.2 Å². The molecule has 0 radical (unpaired) electrons. The average molecular weight is 274 g/mol. The Bertz CT molecular complexity index is 614. The fraction of sp³-hybridized carbons (Fsp3) is 0.222. The number of hydrogen-bond acceptors (Lipinski definition) is 4. The first-order valence-electron chi connectivity index (χ1n) is 4.48. The summed E-state index contributed by atoms with van der Waals surface area (Å²) in [6, 6.07) is 5.50. The highest BCUT2D eigenvalue weighted by Gasteiger charge is 2.21. The van der Waals surface area contributed by atoms with Crippen molar-refractivity contribution in [3.8, 4) is 0 Å². The van der Waals surface area contributed by atoms with Crippen LogP contribution in [0.2, 0.25) is 0 Å². The van der Waals surface area contributed by atoms with Gasteiger partial charge in [-0.15, -0.1) is 11.3 Å². The summed E-state index contributed by atoms with van der Waals surface area (Å²) in [7, 11) is 3.23. The normalized spacial score (nSPS) is 14.2. The lowest BCUT2D eigenvalue weighted by molar-refractivity contribution is 0.465. The number of aromatic amines is 1. The Morgan fingerprint density at radius 2 is 2.19 bits per heavy atom. The predicted octanol–water partition coefficient (Wildman–Crippen LogP) is 2.32. The predicted molar refractivity (Wildman–Crippen MR) is 69.6 cm³/mol. The van der Waals surface area contributed by atoms with E-state index < -0.39 is 11.3 Å². The van der Waals surface area contributed by atoms with Crippen LogP contribution in [0.4, 0.5) is 5.69 Å². The molecule has 2 rings (SSSR count). The van der Waals surface area contributed by atoms with Crippen LogP contribution in [-0.2, 0) is 11.3 Å². The molecule has 16 heavy (non-hydrogen) atoms. The van der Waals surface area contributed by atoms with Gasteiger partial charge in [-0.1, -0.05) is 0 Å². The Morgan fingerprint density at radius 3 is 2.81 bits per heavy atom. The molecule has 0 saturated heterocycles. The van der Waals surface area contributed by atoms with E-state index in [0.29, 0.717) is 9.64 Å². The second-order valence-electron chi connectivity index (χ2n) is 3.76. The third-order valence-electron chi connectivity index (χ3n) is 2.40. The van der Waals surface area contributed by atoms with E-state index in [4.69, 9.17) is 12.2 Å². The van der Waals surface area contributed by atoms with E-state index in [0.717, 1.165) is 10.2 Å². The van der Waals surface area contributed by atoms with E-state index in [1.807, 2.05) is 12.1 Å². The molecule has 1 aromatic carbocycles. The molecule has 0 aliphatic carbocycles. The Hall–Kier alpha value is -0.600. The minimum atomic E-state index is -2.21. The molecule has 0 fully saturated rings. The zero-order valence-electron chi connectivity index (χ0n) is 8.72. The highest BCUT2D eigenvalue weighted by atomic mass is 32.2. The van der Waals surface area contributed by atoms with E-state index in [1.165, 1.54) is 11.3 Å². The van der Waals surface area contributed by atoms with Gasteiger partial charge < -0.3 is 9.54 Å². The van der Waals surface area contributed by atoms with Crippen molar-refractivity contribution in [1.82, 2.24) is 8.87 Å². The molecule has 1 N–H and O–H groups in total. The quantitative estimate of drug-likeness (QED) is 0.519. The van der Waals surface area contributed by atoms with Gasteiger partial charge in [-0.2, -0.15) is 0 Å². The Kier molecular flexibility index (Phi) is 2.97. The van der Waals surface area contributed by atoms with Gasteiger partial charge in [0, 0.05) is 12.1 Å². The third-order valence-corrected chi connectivity index (χ3v) is 4.57. The molecule has 1 aromatic heterocycles. The molecule has 86 valence electrons. The van der Waals surface area contributed by atoms with Gasteiger partial charge in [-0.25, -0.2) is 8.10 Å². The van der Waals surface area contributed by atoms with Crippen LogP contribution in [-0.4, -0.2) is 27.8 Å². The summed E-state index contributed by atoms with van der Waals surface area (Å²) in [6.45, 7) is 0. The first-order valence-corrected chi connectivity index (χ1v) is 6.74. The summed E-state index contributed by atoms with van der Waals surface area (Å²) in [5.74, 6) is 0. The monoisotopic (exact) mass is 274 g/mol. The van der Waals surface area contributed by atoms with Crippen LogP contribution in [0.5, 0.6) is 0 Å². The summed E-state index contributed by atoms with van der Waals surface area (Å²) in [4.78, 5) is 3.03. The van der Waals surface area contributed by atoms with Crippen molar-refractivity contribution in [2.75, 3.05) is 14.1 Å². The largest absolute Gasteiger partial charge is 0.724 e. The standard InChI is InChI=1S/C9H10N2O2S3/c1-11(2,16(12)13)6-3-4-8-7(5-6)10-9(14)15-8/h3-5H,1-2H3,(H-,10,12,13,14). The molecule has 1 atom stereocenters. The molecule has 0 aliphatic heterocycles. The van der Waals surface area contributed by atoms with Crippen LogP contribution in [0.3, 0.4) is 0 Å². The molecule has 0 spiro atoms.